The first-order valence-corrected chi connectivity index (χ1v) is 5.76. The van der Waals surface area contributed by atoms with E-state index in [1.54, 1.807) is 12.1 Å². The average Bonchev–Trinajstić information content (AvgIpc) is 2.92. The molecule has 2 heterocycles. The van der Waals surface area contributed by atoms with Crippen molar-refractivity contribution in [2.75, 3.05) is 6.54 Å². The maximum Gasteiger partial charge on any atom is 0.251 e. The third-order valence-electron chi connectivity index (χ3n) is 2.58. The fraction of sp³-hybridized carbons (Fsp3) is 0.231. The summed E-state index contributed by atoms with van der Waals surface area (Å²) in [5.41, 5.74) is 2.09. The van der Waals surface area contributed by atoms with E-state index in [9.17, 15) is 4.79 Å². The quantitative estimate of drug-likeness (QED) is 0.731. The van der Waals surface area contributed by atoms with Gasteiger partial charge in [-0.1, -0.05) is 0 Å². The molecule has 5 nitrogen and oxygen atoms in total. The lowest BCUT2D eigenvalue weighted by molar-refractivity contribution is 0.0953. The van der Waals surface area contributed by atoms with Gasteiger partial charge in [0.2, 0.25) is 0 Å². The first-order valence-electron chi connectivity index (χ1n) is 5.76. The van der Waals surface area contributed by atoms with Crippen LogP contribution < -0.4 is 5.32 Å². The summed E-state index contributed by atoms with van der Waals surface area (Å²) >= 11 is 0. The van der Waals surface area contributed by atoms with Crippen LogP contribution in [0.2, 0.25) is 0 Å². The number of H-pyrrole nitrogens is 1. The van der Waals surface area contributed by atoms with Gasteiger partial charge in [-0.15, -0.1) is 0 Å². The number of aliphatic hydroxyl groups is 1. The Bertz CT molecular complexity index is 509. The number of aromatic nitrogens is 2. The van der Waals surface area contributed by atoms with Gasteiger partial charge in [0.05, 0.1) is 12.3 Å². The summed E-state index contributed by atoms with van der Waals surface area (Å²) in [4.78, 5) is 18.8. The molecule has 0 saturated carbocycles. The van der Waals surface area contributed by atoms with Gasteiger partial charge in [-0.05, 0) is 24.3 Å². The predicted octanol–water partition coefficient (Wildman–Crippen LogP) is 0.874. The Balaban J connectivity index is 1.87. The van der Waals surface area contributed by atoms with Crippen LogP contribution >= 0.6 is 0 Å². The number of amides is 1. The molecule has 0 atom stereocenters. The van der Waals surface area contributed by atoms with Gasteiger partial charge in [-0.2, -0.15) is 0 Å². The molecule has 3 N–H and O–H groups in total. The molecule has 0 aliphatic rings. The molecule has 0 unspecified atom stereocenters. The van der Waals surface area contributed by atoms with Crippen molar-refractivity contribution in [3.63, 3.8) is 0 Å². The van der Waals surface area contributed by atoms with Crippen LogP contribution in [0.25, 0.3) is 0 Å². The van der Waals surface area contributed by atoms with E-state index >= 15 is 0 Å². The second-order valence-corrected chi connectivity index (χ2v) is 3.90. The van der Waals surface area contributed by atoms with Crippen LogP contribution in [0.4, 0.5) is 0 Å². The summed E-state index contributed by atoms with van der Waals surface area (Å²) < 4.78 is 0. The average molecular weight is 245 g/mol. The molecule has 1 amide bonds. The van der Waals surface area contributed by atoms with Crippen LogP contribution in [-0.2, 0) is 13.0 Å². The number of carbonyl (C=O) groups excluding carboxylic acids is 1. The monoisotopic (exact) mass is 245 g/mol. The lowest BCUT2D eigenvalue weighted by Crippen LogP contribution is -2.25. The van der Waals surface area contributed by atoms with Gasteiger partial charge in [0.15, 0.2) is 0 Å². The number of nitrogens with one attached hydrogen (secondary N) is 2. The number of hydrogen-bond acceptors (Lipinski definition) is 3. The number of pyridine rings is 1. The SMILES string of the molecule is O=C(NCCc1ccc[nH]1)c1ccnc(CO)c1. The van der Waals surface area contributed by atoms with Crippen molar-refractivity contribution in [3.8, 4) is 0 Å². The van der Waals surface area contributed by atoms with E-state index in [4.69, 9.17) is 5.11 Å². The zero-order chi connectivity index (χ0) is 12.8. The smallest absolute Gasteiger partial charge is 0.251 e. The van der Waals surface area contributed by atoms with Crippen molar-refractivity contribution >= 4 is 5.91 Å². The maximum absolute atomic E-state index is 11.8. The zero-order valence-electron chi connectivity index (χ0n) is 9.89. The summed E-state index contributed by atoms with van der Waals surface area (Å²) in [6.07, 6.45) is 4.13. The highest BCUT2D eigenvalue weighted by Gasteiger charge is 2.06. The molecule has 0 saturated heterocycles. The standard InChI is InChI=1S/C13H15N3O2/c17-9-12-8-10(3-6-15-12)13(18)16-7-4-11-2-1-5-14-11/h1-3,5-6,8,14,17H,4,7,9H2,(H,16,18). The lowest BCUT2D eigenvalue weighted by Gasteiger charge is -2.05. The molecule has 0 spiro atoms. The number of aliphatic hydroxyl groups excluding tert-OH is 1. The molecular weight excluding hydrogens is 230 g/mol. The van der Waals surface area contributed by atoms with Crippen molar-refractivity contribution < 1.29 is 9.90 Å². The summed E-state index contributed by atoms with van der Waals surface area (Å²) in [5.74, 6) is -0.154. The van der Waals surface area contributed by atoms with Gasteiger partial charge >= 0.3 is 0 Å². The summed E-state index contributed by atoms with van der Waals surface area (Å²) in [6.45, 7) is 0.403. The maximum atomic E-state index is 11.8. The van der Waals surface area contributed by atoms with E-state index < -0.39 is 0 Å². The van der Waals surface area contributed by atoms with Gasteiger partial charge in [0.25, 0.3) is 5.91 Å². The summed E-state index contributed by atoms with van der Waals surface area (Å²) in [7, 11) is 0. The fourth-order valence-electron chi connectivity index (χ4n) is 1.64. The van der Waals surface area contributed by atoms with E-state index in [-0.39, 0.29) is 12.5 Å². The van der Waals surface area contributed by atoms with E-state index in [0.29, 0.717) is 17.8 Å². The molecule has 0 aromatic carbocycles. The molecule has 0 aliphatic carbocycles. The van der Waals surface area contributed by atoms with Gasteiger partial charge in [-0.25, -0.2) is 0 Å². The highest BCUT2D eigenvalue weighted by Crippen LogP contribution is 2.02. The zero-order valence-corrected chi connectivity index (χ0v) is 9.89. The lowest BCUT2D eigenvalue weighted by atomic mass is 10.2. The van der Waals surface area contributed by atoms with Crippen molar-refractivity contribution in [3.05, 3.63) is 53.6 Å². The number of carbonyl (C=O) groups is 1. The van der Waals surface area contributed by atoms with Crippen LogP contribution in [0.1, 0.15) is 21.7 Å². The van der Waals surface area contributed by atoms with Gasteiger partial charge in [-0.3, -0.25) is 9.78 Å². The third-order valence-corrected chi connectivity index (χ3v) is 2.58. The van der Waals surface area contributed by atoms with Crippen LogP contribution in [0.15, 0.2) is 36.7 Å². The van der Waals surface area contributed by atoms with Crippen molar-refractivity contribution in [2.45, 2.75) is 13.0 Å². The Morgan fingerprint density at radius 1 is 1.44 bits per heavy atom. The highest BCUT2D eigenvalue weighted by atomic mass is 16.3. The van der Waals surface area contributed by atoms with Crippen LogP contribution in [0.3, 0.4) is 0 Å². The third kappa shape index (κ3) is 3.18. The first-order chi connectivity index (χ1) is 8.79. The van der Waals surface area contributed by atoms with E-state index in [1.165, 1.54) is 6.20 Å². The van der Waals surface area contributed by atoms with Crippen LogP contribution in [-0.4, -0.2) is 27.5 Å². The minimum absolute atomic E-state index is 0.154. The topological polar surface area (TPSA) is 78.0 Å². The Morgan fingerprint density at radius 3 is 3.06 bits per heavy atom. The molecule has 18 heavy (non-hydrogen) atoms. The van der Waals surface area contributed by atoms with Gasteiger partial charge in [0, 0.05) is 36.6 Å². The van der Waals surface area contributed by atoms with Gasteiger partial charge < -0.3 is 15.4 Å². The second kappa shape index (κ2) is 5.97. The Kier molecular flexibility index (Phi) is 4.09. The molecular formula is C13H15N3O2. The number of rotatable bonds is 5. The number of aromatic amines is 1. The normalized spacial score (nSPS) is 10.3. The van der Waals surface area contributed by atoms with Crippen molar-refractivity contribution in [2.24, 2.45) is 0 Å². The van der Waals surface area contributed by atoms with Crippen molar-refractivity contribution in [1.82, 2.24) is 15.3 Å². The first kappa shape index (κ1) is 12.3. The molecule has 0 bridgehead atoms. The largest absolute Gasteiger partial charge is 0.390 e. The van der Waals surface area contributed by atoms with E-state index in [0.717, 1.165) is 12.1 Å². The summed E-state index contributed by atoms with van der Waals surface area (Å²) in [5, 5.41) is 11.8. The molecule has 2 aromatic rings. The fourth-order valence-corrected chi connectivity index (χ4v) is 1.64. The molecule has 0 fully saturated rings. The van der Waals surface area contributed by atoms with Gasteiger partial charge in [0.1, 0.15) is 0 Å². The van der Waals surface area contributed by atoms with E-state index in [2.05, 4.69) is 15.3 Å². The number of nitrogens with zero attached hydrogens (tertiary/aromatic N) is 1. The highest BCUT2D eigenvalue weighted by molar-refractivity contribution is 5.94. The minimum atomic E-state index is -0.163. The van der Waals surface area contributed by atoms with Crippen LogP contribution in [0.5, 0.6) is 0 Å². The van der Waals surface area contributed by atoms with Crippen LogP contribution in [0, 0.1) is 0 Å². The molecule has 2 aromatic heterocycles. The molecule has 0 aliphatic heterocycles. The minimum Gasteiger partial charge on any atom is -0.390 e. The predicted molar refractivity (Wildman–Crippen MR) is 67.0 cm³/mol. The molecule has 0 radical (unpaired) electrons. The Hall–Kier alpha value is -2.14. The number of hydrogen-bond donors (Lipinski definition) is 3. The second-order valence-electron chi connectivity index (χ2n) is 3.90. The van der Waals surface area contributed by atoms with E-state index in [1.807, 2.05) is 18.3 Å². The molecule has 94 valence electrons. The molecule has 5 heteroatoms. The molecule has 2 rings (SSSR count). The Labute approximate surface area is 105 Å². The summed E-state index contributed by atoms with van der Waals surface area (Å²) in [6, 6.07) is 7.11. The Morgan fingerprint density at radius 2 is 2.33 bits per heavy atom. The van der Waals surface area contributed by atoms with Crippen molar-refractivity contribution in [1.29, 1.82) is 0 Å².